The number of amides is 1. The number of carbonyl (C=O) groups excluding carboxylic acids is 2. The Hall–Kier alpha value is -2.29. The van der Waals surface area contributed by atoms with E-state index in [1.54, 1.807) is 23.1 Å². The van der Waals surface area contributed by atoms with Crippen LogP contribution >= 0.6 is 11.6 Å². The number of ether oxygens (including phenoxy) is 1. The molecule has 0 N–H and O–H groups in total. The van der Waals surface area contributed by atoms with E-state index in [1.165, 1.54) is 12.4 Å². The Morgan fingerprint density at radius 3 is 2.53 bits per heavy atom. The highest BCUT2D eigenvalue weighted by molar-refractivity contribution is 6.74. The van der Waals surface area contributed by atoms with Crippen LogP contribution in [0.5, 0.6) is 5.75 Å². The summed E-state index contributed by atoms with van der Waals surface area (Å²) in [6.45, 7) is 11.0. The van der Waals surface area contributed by atoms with Crippen molar-refractivity contribution in [2.75, 3.05) is 11.5 Å². The summed E-state index contributed by atoms with van der Waals surface area (Å²) in [4.78, 5) is 34.4. The quantitative estimate of drug-likeness (QED) is 0.486. The predicted molar refractivity (Wildman–Crippen MR) is 118 cm³/mol. The highest BCUT2D eigenvalue weighted by Crippen LogP contribution is 2.38. The van der Waals surface area contributed by atoms with Crippen molar-refractivity contribution in [1.82, 2.24) is 9.97 Å². The summed E-state index contributed by atoms with van der Waals surface area (Å²) in [6, 6.07) is 4.96. The average Bonchev–Trinajstić information content (AvgIpc) is 2.69. The molecular formula is C21H26ClN3O4Si. The first-order valence-electron chi connectivity index (χ1n) is 9.69. The monoisotopic (exact) mass is 447 g/mol. The van der Waals surface area contributed by atoms with Gasteiger partial charge in [-0.2, -0.15) is 0 Å². The Morgan fingerprint density at radius 1 is 1.27 bits per heavy atom. The van der Waals surface area contributed by atoms with Gasteiger partial charge in [-0.25, -0.2) is 9.97 Å². The number of carbonyl (C=O) groups is 2. The second-order valence-electron chi connectivity index (χ2n) is 8.76. The van der Waals surface area contributed by atoms with E-state index in [-0.39, 0.29) is 24.1 Å². The zero-order valence-electron chi connectivity index (χ0n) is 17.8. The van der Waals surface area contributed by atoms with Crippen molar-refractivity contribution in [3.63, 3.8) is 0 Å². The third kappa shape index (κ3) is 4.71. The van der Waals surface area contributed by atoms with E-state index in [9.17, 15) is 9.59 Å². The van der Waals surface area contributed by atoms with Crippen LogP contribution in [0.1, 0.15) is 37.0 Å². The van der Waals surface area contributed by atoms with Gasteiger partial charge in [-0.05, 0) is 36.3 Å². The smallest absolute Gasteiger partial charge is 0.270 e. The molecule has 0 saturated carbocycles. The zero-order valence-corrected chi connectivity index (χ0v) is 19.6. The fourth-order valence-corrected chi connectivity index (χ4v) is 3.85. The van der Waals surface area contributed by atoms with Crippen LogP contribution in [0.4, 0.5) is 5.69 Å². The summed E-state index contributed by atoms with van der Waals surface area (Å²) in [5, 5.41) is 0.424. The number of aromatic nitrogens is 2. The molecule has 0 aliphatic carbocycles. The number of fused-ring (bicyclic) bond motifs is 1. The topological polar surface area (TPSA) is 81.6 Å². The second-order valence-corrected chi connectivity index (χ2v) is 14.0. The standard InChI is InChI=1S/C21H26ClN3O4Si/c1-21(2,3)30(4,5)28-13-18-20(27)25(11-19-23-9-15(22)10-24-19)16-7-6-14(12-26)8-17(16)29-18/h6-10,12,18H,11,13H2,1-5H3. The Bertz CT molecular complexity index is 944. The van der Waals surface area contributed by atoms with Gasteiger partial charge < -0.3 is 9.16 Å². The van der Waals surface area contributed by atoms with Crippen LogP contribution in [0.25, 0.3) is 0 Å². The van der Waals surface area contributed by atoms with Gasteiger partial charge in [0.15, 0.2) is 14.4 Å². The van der Waals surface area contributed by atoms with Crippen molar-refractivity contribution >= 4 is 37.8 Å². The molecule has 3 rings (SSSR count). The predicted octanol–water partition coefficient (Wildman–Crippen LogP) is 4.26. The third-order valence-corrected chi connectivity index (χ3v) is 10.3. The number of rotatable bonds is 6. The van der Waals surface area contributed by atoms with Gasteiger partial charge in [-0.1, -0.05) is 32.4 Å². The lowest BCUT2D eigenvalue weighted by atomic mass is 10.1. The van der Waals surface area contributed by atoms with Gasteiger partial charge in [0.2, 0.25) is 0 Å². The van der Waals surface area contributed by atoms with Crippen LogP contribution in [0.3, 0.4) is 0 Å². The lowest BCUT2D eigenvalue weighted by molar-refractivity contribution is -0.128. The Labute approximate surface area is 182 Å². The molecule has 0 fully saturated rings. The van der Waals surface area contributed by atoms with Crippen LogP contribution in [0, 0.1) is 0 Å². The van der Waals surface area contributed by atoms with Crippen LogP contribution < -0.4 is 9.64 Å². The summed E-state index contributed by atoms with van der Waals surface area (Å²) in [5.74, 6) is 0.666. The molecule has 2 aromatic rings. The minimum absolute atomic E-state index is 0.00411. The van der Waals surface area contributed by atoms with Crippen LogP contribution in [-0.4, -0.2) is 43.2 Å². The SMILES string of the molecule is CC(C)(C)[Si](C)(C)OCC1Oc2cc(C=O)ccc2N(Cc2ncc(Cl)cn2)C1=O. The number of nitrogens with zero attached hydrogens (tertiary/aromatic N) is 3. The molecule has 0 spiro atoms. The molecule has 1 aromatic heterocycles. The molecule has 2 heterocycles. The molecule has 0 radical (unpaired) electrons. The van der Waals surface area contributed by atoms with Gasteiger partial charge in [0, 0.05) is 18.0 Å². The normalized spacial score (nSPS) is 16.8. The average molecular weight is 448 g/mol. The Kier molecular flexibility index (Phi) is 6.31. The highest BCUT2D eigenvalue weighted by Gasteiger charge is 2.41. The van der Waals surface area contributed by atoms with Crippen LogP contribution in [0.2, 0.25) is 23.2 Å². The van der Waals surface area contributed by atoms with Gasteiger partial charge in [-0.3, -0.25) is 14.5 Å². The van der Waals surface area contributed by atoms with Crippen molar-refractivity contribution in [2.45, 2.75) is 51.6 Å². The number of aldehydes is 1. The van der Waals surface area contributed by atoms with E-state index in [4.69, 9.17) is 20.8 Å². The summed E-state index contributed by atoms with van der Waals surface area (Å²) in [7, 11) is -2.08. The van der Waals surface area contributed by atoms with Crippen molar-refractivity contribution in [3.05, 3.63) is 47.0 Å². The second kappa shape index (κ2) is 8.45. The molecule has 1 aliphatic rings. The van der Waals surface area contributed by atoms with E-state index in [0.717, 1.165) is 6.29 Å². The van der Waals surface area contributed by atoms with E-state index in [1.807, 2.05) is 0 Å². The first kappa shape index (κ1) is 22.4. The molecular weight excluding hydrogens is 422 g/mol. The number of hydrogen-bond acceptors (Lipinski definition) is 6. The number of anilines is 1. The Morgan fingerprint density at radius 2 is 1.93 bits per heavy atom. The van der Waals surface area contributed by atoms with Crippen molar-refractivity contribution in [2.24, 2.45) is 0 Å². The van der Waals surface area contributed by atoms with E-state index in [0.29, 0.717) is 27.8 Å². The molecule has 160 valence electrons. The minimum Gasteiger partial charge on any atom is -0.476 e. The molecule has 1 aromatic carbocycles. The summed E-state index contributed by atoms with van der Waals surface area (Å²) in [5.41, 5.74) is 1.03. The molecule has 1 unspecified atom stereocenters. The minimum atomic E-state index is -2.08. The number of benzene rings is 1. The molecule has 0 saturated heterocycles. The van der Waals surface area contributed by atoms with E-state index in [2.05, 4.69) is 43.8 Å². The maximum atomic E-state index is 13.3. The molecule has 1 aliphatic heterocycles. The summed E-state index contributed by atoms with van der Waals surface area (Å²) >= 11 is 5.87. The van der Waals surface area contributed by atoms with E-state index >= 15 is 0 Å². The maximum absolute atomic E-state index is 13.3. The Balaban J connectivity index is 1.90. The summed E-state index contributed by atoms with van der Waals surface area (Å²) < 4.78 is 12.2. The van der Waals surface area contributed by atoms with Gasteiger partial charge in [-0.15, -0.1) is 0 Å². The number of halogens is 1. The molecule has 1 atom stereocenters. The third-order valence-electron chi connectivity index (χ3n) is 5.60. The first-order valence-corrected chi connectivity index (χ1v) is 13.0. The maximum Gasteiger partial charge on any atom is 0.270 e. The molecule has 0 bridgehead atoms. The van der Waals surface area contributed by atoms with Crippen LogP contribution in [-0.2, 0) is 15.8 Å². The molecule has 7 nitrogen and oxygen atoms in total. The molecule has 1 amide bonds. The number of hydrogen-bond donors (Lipinski definition) is 0. The highest BCUT2D eigenvalue weighted by atomic mass is 35.5. The molecule has 30 heavy (non-hydrogen) atoms. The van der Waals surface area contributed by atoms with Gasteiger partial charge in [0.05, 0.1) is 23.9 Å². The zero-order chi connectivity index (χ0) is 22.1. The van der Waals surface area contributed by atoms with Crippen molar-refractivity contribution < 1.29 is 18.8 Å². The largest absolute Gasteiger partial charge is 0.476 e. The summed E-state index contributed by atoms with van der Waals surface area (Å²) in [6.07, 6.45) is 2.90. The lowest BCUT2D eigenvalue weighted by Gasteiger charge is -2.39. The van der Waals surface area contributed by atoms with E-state index < -0.39 is 14.4 Å². The molecule has 9 heteroatoms. The fourth-order valence-electron chi connectivity index (χ4n) is 2.75. The van der Waals surface area contributed by atoms with Gasteiger partial charge >= 0.3 is 0 Å². The van der Waals surface area contributed by atoms with Crippen LogP contribution in [0.15, 0.2) is 30.6 Å². The first-order chi connectivity index (χ1) is 14.0. The van der Waals surface area contributed by atoms with Crippen molar-refractivity contribution in [1.29, 1.82) is 0 Å². The van der Waals surface area contributed by atoms with Gasteiger partial charge in [0.1, 0.15) is 17.9 Å². The lowest BCUT2D eigenvalue weighted by Crippen LogP contribution is -2.51. The van der Waals surface area contributed by atoms with Crippen molar-refractivity contribution in [3.8, 4) is 5.75 Å². The van der Waals surface area contributed by atoms with Gasteiger partial charge in [0.25, 0.3) is 5.91 Å². The fraction of sp³-hybridized carbons (Fsp3) is 0.429.